The molecular formula is C26H27N3O2. The molecule has 1 N–H and O–H groups in total. The quantitative estimate of drug-likeness (QED) is 0.427. The van der Waals surface area contributed by atoms with Crippen molar-refractivity contribution >= 4 is 10.8 Å². The lowest BCUT2D eigenvalue weighted by Crippen LogP contribution is -2.29. The highest BCUT2D eigenvalue weighted by Gasteiger charge is 2.31. The molecule has 0 bridgehead atoms. The highest BCUT2D eigenvalue weighted by molar-refractivity contribution is 5.86. The summed E-state index contributed by atoms with van der Waals surface area (Å²) in [5.41, 5.74) is 2.29. The number of nitrogens with zero attached hydrogens (tertiary/aromatic N) is 2. The van der Waals surface area contributed by atoms with E-state index < -0.39 is 0 Å². The third-order valence-electron chi connectivity index (χ3n) is 6.35. The Balaban J connectivity index is 1.25. The number of hydrogen-bond donors (Lipinski definition) is 1. The Bertz CT molecular complexity index is 1160. The Morgan fingerprint density at radius 1 is 1.00 bits per heavy atom. The summed E-state index contributed by atoms with van der Waals surface area (Å²) in [5.74, 6) is 2.50. The van der Waals surface area contributed by atoms with Crippen molar-refractivity contribution in [2.24, 2.45) is 0 Å². The summed E-state index contributed by atoms with van der Waals surface area (Å²) in [5, 5.41) is 10.6. The maximum absolute atomic E-state index is 5.64. The molecule has 1 aliphatic carbocycles. The summed E-state index contributed by atoms with van der Waals surface area (Å²) >= 11 is 0. The van der Waals surface area contributed by atoms with E-state index in [0.29, 0.717) is 17.8 Å². The number of hydrogen-bond acceptors (Lipinski definition) is 5. The van der Waals surface area contributed by atoms with E-state index in [-0.39, 0.29) is 6.04 Å². The highest BCUT2D eigenvalue weighted by atomic mass is 16.5. The first kappa shape index (κ1) is 19.8. The molecule has 3 atom stereocenters. The summed E-state index contributed by atoms with van der Waals surface area (Å²) in [4.78, 5) is 4.68. The van der Waals surface area contributed by atoms with E-state index in [1.54, 1.807) is 7.11 Å². The van der Waals surface area contributed by atoms with Gasteiger partial charge in [0.1, 0.15) is 5.75 Å². The fourth-order valence-corrected chi connectivity index (χ4v) is 4.69. The second kappa shape index (κ2) is 8.52. The zero-order chi connectivity index (χ0) is 21.2. The molecule has 5 heteroatoms. The number of aromatic nitrogens is 2. The van der Waals surface area contributed by atoms with Crippen LogP contribution in [-0.4, -0.2) is 23.3 Å². The van der Waals surface area contributed by atoms with Gasteiger partial charge in [0.05, 0.1) is 7.11 Å². The molecule has 3 unspecified atom stereocenters. The monoisotopic (exact) mass is 413 g/mol. The van der Waals surface area contributed by atoms with Crippen LogP contribution in [-0.2, 0) is 0 Å². The van der Waals surface area contributed by atoms with Crippen LogP contribution in [0.3, 0.4) is 0 Å². The summed E-state index contributed by atoms with van der Waals surface area (Å²) in [6.45, 7) is 2.25. The van der Waals surface area contributed by atoms with Crippen molar-refractivity contribution < 1.29 is 9.26 Å². The number of methoxy groups -OCH3 is 1. The third-order valence-corrected chi connectivity index (χ3v) is 6.35. The largest absolute Gasteiger partial charge is 0.497 e. The van der Waals surface area contributed by atoms with Crippen molar-refractivity contribution in [3.05, 3.63) is 78.2 Å². The van der Waals surface area contributed by atoms with Gasteiger partial charge in [0, 0.05) is 23.6 Å². The van der Waals surface area contributed by atoms with Crippen LogP contribution < -0.4 is 10.1 Å². The van der Waals surface area contributed by atoms with E-state index in [2.05, 4.69) is 64.8 Å². The Morgan fingerprint density at radius 2 is 1.81 bits per heavy atom. The van der Waals surface area contributed by atoms with E-state index in [1.165, 1.54) is 16.3 Å². The van der Waals surface area contributed by atoms with E-state index in [9.17, 15) is 0 Å². The van der Waals surface area contributed by atoms with Crippen molar-refractivity contribution in [3.63, 3.8) is 0 Å². The minimum absolute atomic E-state index is 0.285. The van der Waals surface area contributed by atoms with Gasteiger partial charge in [-0.3, -0.25) is 0 Å². The fraction of sp³-hybridized carbons (Fsp3) is 0.308. The molecule has 0 spiro atoms. The van der Waals surface area contributed by atoms with Crippen LogP contribution in [0.1, 0.15) is 49.6 Å². The number of fused-ring (bicyclic) bond motifs is 1. The van der Waals surface area contributed by atoms with Gasteiger partial charge in [-0.05, 0) is 66.8 Å². The minimum Gasteiger partial charge on any atom is -0.497 e. The van der Waals surface area contributed by atoms with E-state index in [0.717, 1.165) is 36.5 Å². The van der Waals surface area contributed by atoms with Crippen molar-refractivity contribution in [3.8, 4) is 17.1 Å². The maximum atomic E-state index is 5.64. The average molecular weight is 414 g/mol. The molecule has 1 aromatic heterocycles. The first-order valence-electron chi connectivity index (χ1n) is 10.9. The van der Waals surface area contributed by atoms with Gasteiger partial charge in [0.2, 0.25) is 11.7 Å². The molecule has 5 rings (SSSR count). The molecule has 0 aliphatic heterocycles. The molecule has 31 heavy (non-hydrogen) atoms. The molecule has 1 aliphatic rings. The summed E-state index contributed by atoms with van der Waals surface area (Å²) < 4.78 is 10.9. The molecule has 1 saturated carbocycles. The van der Waals surface area contributed by atoms with Gasteiger partial charge < -0.3 is 14.6 Å². The fourth-order valence-electron chi connectivity index (χ4n) is 4.69. The minimum atomic E-state index is 0.285. The zero-order valence-corrected chi connectivity index (χ0v) is 17.9. The SMILES string of the molecule is COc1ccc(-c2noc(C3CCC(NC(C)c4cccc5ccccc45)C3)n2)cc1. The van der Waals surface area contributed by atoms with Gasteiger partial charge in [0.25, 0.3) is 0 Å². The Morgan fingerprint density at radius 3 is 2.65 bits per heavy atom. The van der Waals surface area contributed by atoms with Crippen LogP contribution in [0.15, 0.2) is 71.3 Å². The molecule has 1 fully saturated rings. The molecule has 4 aromatic rings. The van der Waals surface area contributed by atoms with E-state index in [4.69, 9.17) is 9.26 Å². The lowest BCUT2D eigenvalue weighted by atomic mass is 9.99. The van der Waals surface area contributed by atoms with Crippen LogP contribution >= 0.6 is 0 Å². The van der Waals surface area contributed by atoms with Crippen molar-refractivity contribution in [2.45, 2.75) is 44.2 Å². The van der Waals surface area contributed by atoms with Crippen LogP contribution in [0.4, 0.5) is 0 Å². The van der Waals surface area contributed by atoms with Crippen LogP contribution in [0.5, 0.6) is 5.75 Å². The van der Waals surface area contributed by atoms with Crippen molar-refractivity contribution in [2.75, 3.05) is 7.11 Å². The maximum Gasteiger partial charge on any atom is 0.230 e. The number of ether oxygens (including phenoxy) is 1. The lowest BCUT2D eigenvalue weighted by molar-refractivity contribution is 0.350. The molecule has 5 nitrogen and oxygen atoms in total. The van der Waals surface area contributed by atoms with Crippen LogP contribution in [0.2, 0.25) is 0 Å². The third kappa shape index (κ3) is 4.06. The lowest BCUT2D eigenvalue weighted by Gasteiger charge is -2.21. The Kier molecular flexibility index (Phi) is 5.43. The normalized spacial score (nSPS) is 19.5. The predicted molar refractivity (Wildman–Crippen MR) is 122 cm³/mol. The Hall–Kier alpha value is -3.18. The second-order valence-corrected chi connectivity index (χ2v) is 8.35. The summed E-state index contributed by atoms with van der Waals surface area (Å²) in [7, 11) is 1.66. The molecular weight excluding hydrogens is 386 g/mol. The first-order chi connectivity index (χ1) is 15.2. The van der Waals surface area contributed by atoms with Crippen LogP contribution in [0, 0.1) is 0 Å². The number of benzene rings is 3. The van der Waals surface area contributed by atoms with Gasteiger partial charge >= 0.3 is 0 Å². The van der Waals surface area contributed by atoms with Gasteiger partial charge in [0.15, 0.2) is 0 Å². The van der Waals surface area contributed by atoms with Crippen molar-refractivity contribution in [1.29, 1.82) is 0 Å². The number of rotatable bonds is 6. The van der Waals surface area contributed by atoms with Gasteiger partial charge in [-0.25, -0.2) is 0 Å². The van der Waals surface area contributed by atoms with Crippen molar-refractivity contribution in [1.82, 2.24) is 15.5 Å². The molecule has 158 valence electrons. The Labute approximate surface area is 182 Å². The second-order valence-electron chi connectivity index (χ2n) is 8.35. The molecule has 0 saturated heterocycles. The van der Waals surface area contributed by atoms with Gasteiger partial charge in [-0.15, -0.1) is 0 Å². The summed E-state index contributed by atoms with van der Waals surface area (Å²) in [6.07, 6.45) is 3.18. The molecule has 0 radical (unpaired) electrons. The topological polar surface area (TPSA) is 60.2 Å². The standard InChI is InChI=1S/C26H27N3O2/c1-17(23-9-5-7-18-6-3-4-8-24(18)23)27-21-13-10-20(16-21)26-28-25(29-31-26)19-11-14-22(30-2)15-12-19/h3-9,11-12,14-15,17,20-21,27H,10,13,16H2,1-2H3. The van der Waals surface area contributed by atoms with E-state index in [1.807, 2.05) is 24.3 Å². The van der Waals surface area contributed by atoms with E-state index >= 15 is 0 Å². The molecule has 1 heterocycles. The predicted octanol–water partition coefficient (Wildman–Crippen LogP) is 5.89. The molecule has 0 amide bonds. The van der Waals surface area contributed by atoms with Gasteiger partial charge in [-0.1, -0.05) is 47.6 Å². The van der Waals surface area contributed by atoms with Crippen LogP contribution in [0.25, 0.3) is 22.2 Å². The van der Waals surface area contributed by atoms with Gasteiger partial charge in [-0.2, -0.15) is 4.98 Å². The number of nitrogens with one attached hydrogen (secondary N) is 1. The molecule has 3 aromatic carbocycles. The smallest absolute Gasteiger partial charge is 0.230 e. The average Bonchev–Trinajstić information content (AvgIpc) is 3.48. The highest BCUT2D eigenvalue weighted by Crippen LogP contribution is 2.36. The zero-order valence-electron chi connectivity index (χ0n) is 17.9. The summed E-state index contributed by atoms with van der Waals surface area (Å²) in [6, 6.07) is 23.6. The first-order valence-corrected chi connectivity index (χ1v) is 10.9.